The highest BCUT2D eigenvalue weighted by Crippen LogP contribution is 2.25. The zero-order chi connectivity index (χ0) is 19.4. The molecule has 27 heavy (non-hydrogen) atoms. The second kappa shape index (κ2) is 9.20. The summed E-state index contributed by atoms with van der Waals surface area (Å²) in [4.78, 5) is 20.0. The van der Waals surface area contributed by atoms with Gasteiger partial charge in [-0.2, -0.15) is 0 Å². The van der Waals surface area contributed by atoms with Gasteiger partial charge in [0, 0.05) is 58.4 Å². The monoisotopic (exact) mass is 400 g/mol. The summed E-state index contributed by atoms with van der Waals surface area (Å²) in [6.45, 7) is 12.2. The summed E-state index contributed by atoms with van der Waals surface area (Å²) in [5.41, 5.74) is 0. The first-order chi connectivity index (χ1) is 12.9. The highest BCUT2D eigenvalue weighted by Gasteiger charge is 2.37. The molecule has 0 aromatic rings. The van der Waals surface area contributed by atoms with Crippen molar-refractivity contribution in [2.45, 2.75) is 45.6 Å². The Kier molecular flexibility index (Phi) is 7.16. The molecular weight excluding hydrogens is 364 g/mol. The van der Waals surface area contributed by atoms with Crippen molar-refractivity contribution >= 4 is 15.9 Å². The van der Waals surface area contributed by atoms with Crippen LogP contribution in [0.3, 0.4) is 0 Å². The molecule has 0 aromatic heterocycles. The lowest BCUT2D eigenvalue weighted by atomic mass is 9.98. The molecule has 0 spiro atoms. The topological polar surface area (TPSA) is 64.2 Å². The van der Waals surface area contributed by atoms with Gasteiger partial charge in [-0.25, -0.2) is 12.7 Å². The number of piperidine rings is 1. The van der Waals surface area contributed by atoms with Gasteiger partial charge in [-0.3, -0.25) is 9.69 Å². The van der Waals surface area contributed by atoms with Gasteiger partial charge in [-0.15, -0.1) is 0 Å². The SMILES string of the molecule is CCCS(=O)(=O)N1CCCC(C(=O)N2CCC(N3CCN(CC)CC3)C2)C1. The predicted molar refractivity (Wildman–Crippen MR) is 107 cm³/mol. The van der Waals surface area contributed by atoms with Gasteiger partial charge in [0.2, 0.25) is 15.9 Å². The van der Waals surface area contributed by atoms with E-state index in [2.05, 4.69) is 16.7 Å². The quantitative estimate of drug-likeness (QED) is 0.656. The Labute approximate surface area is 164 Å². The predicted octanol–water partition coefficient (Wildman–Crippen LogP) is 0.677. The Hall–Kier alpha value is -0.700. The van der Waals surface area contributed by atoms with Gasteiger partial charge >= 0.3 is 0 Å². The molecule has 3 aliphatic heterocycles. The molecule has 3 heterocycles. The van der Waals surface area contributed by atoms with Crippen molar-refractivity contribution in [2.24, 2.45) is 5.92 Å². The van der Waals surface area contributed by atoms with Crippen LogP contribution in [0.15, 0.2) is 0 Å². The molecule has 0 radical (unpaired) electrons. The van der Waals surface area contributed by atoms with Crippen LogP contribution in [0.4, 0.5) is 0 Å². The molecule has 0 saturated carbocycles. The fourth-order valence-electron chi connectivity index (χ4n) is 4.73. The van der Waals surface area contributed by atoms with Crippen molar-refractivity contribution in [1.29, 1.82) is 0 Å². The molecule has 0 aromatic carbocycles. The summed E-state index contributed by atoms with van der Waals surface area (Å²) < 4.78 is 26.3. The number of hydrogen-bond acceptors (Lipinski definition) is 5. The van der Waals surface area contributed by atoms with Gasteiger partial charge < -0.3 is 9.80 Å². The van der Waals surface area contributed by atoms with Crippen LogP contribution in [0, 0.1) is 5.92 Å². The van der Waals surface area contributed by atoms with Crippen LogP contribution in [-0.2, 0) is 14.8 Å². The zero-order valence-electron chi connectivity index (χ0n) is 17.0. The molecule has 1 amide bonds. The Morgan fingerprint density at radius 2 is 1.70 bits per heavy atom. The van der Waals surface area contributed by atoms with Crippen LogP contribution in [0.2, 0.25) is 0 Å². The summed E-state index contributed by atoms with van der Waals surface area (Å²) >= 11 is 0. The van der Waals surface area contributed by atoms with E-state index in [1.165, 1.54) is 0 Å². The van der Waals surface area contributed by atoms with Crippen molar-refractivity contribution in [3.05, 3.63) is 0 Å². The molecule has 3 saturated heterocycles. The minimum atomic E-state index is -3.21. The number of amides is 1. The fourth-order valence-corrected chi connectivity index (χ4v) is 6.32. The molecule has 8 heteroatoms. The molecular formula is C19H36N4O3S. The number of rotatable bonds is 6. The Morgan fingerprint density at radius 3 is 2.37 bits per heavy atom. The van der Waals surface area contributed by atoms with E-state index in [-0.39, 0.29) is 17.6 Å². The number of nitrogens with zero attached hydrogens (tertiary/aromatic N) is 4. The van der Waals surface area contributed by atoms with Crippen LogP contribution in [0.5, 0.6) is 0 Å². The number of hydrogen-bond donors (Lipinski definition) is 0. The normalized spacial score (nSPS) is 29.3. The van der Waals surface area contributed by atoms with E-state index in [1.807, 2.05) is 11.8 Å². The number of sulfonamides is 1. The average Bonchev–Trinajstić information content (AvgIpc) is 3.18. The van der Waals surface area contributed by atoms with Gasteiger partial charge in [0.1, 0.15) is 0 Å². The highest BCUT2D eigenvalue weighted by molar-refractivity contribution is 7.89. The summed E-state index contributed by atoms with van der Waals surface area (Å²) in [7, 11) is -3.21. The first-order valence-electron chi connectivity index (χ1n) is 10.7. The zero-order valence-corrected chi connectivity index (χ0v) is 17.8. The second-order valence-electron chi connectivity index (χ2n) is 8.21. The molecule has 156 valence electrons. The molecule has 2 atom stereocenters. The van der Waals surface area contributed by atoms with E-state index in [1.54, 1.807) is 4.31 Å². The lowest BCUT2D eigenvalue weighted by Gasteiger charge is -2.37. The third kappa shape index (κ3) is 5.02. The first kappa shape index (κ1) is 21.0. The Balaban J connectivity index is 1.52. The van der Waals surface area contributed by atoms with Crippen molar-refractivity contribution in [3.63, 3.8) is 0 Å². The minimum Gasteiger partial charge on any atom is -0.341 e. The van der Waals surface area contributed by atoms with E-state index in [4.69, 9.17) is 0 Å². The van der Waals surface area contributed by atoms with Crippen LogP contribution in [0.1, 0.15) is 39.5 Å². The lowest BCUT2D eigenvalue weighted by molar-refractivity contribution is -0.135. The van der Waals surface area contributed by atoms with E-state index < -0.39 is 10.0 Å². The van der Waals surface area contributed by atoms with Crippen molar-refractivity contribution in [2.75, 3.05) is 64.7 Å². The molecule has 7 nitrogen and oxygen atoms in total. The van der Waals surface area contributed by atoms with Gasteiger partial charge in [0.25, 0.3) is 0 Å². The van der Waals surface area contributed by atoms with E-state index in [0.29, 0.717) is 25.6 Å². The maximum Gasteiger partial charge on any atom is 0.227 e. The van der Waals surface area contributed by atoms with Crippen LogP contribution in [0.25, 0.3) is 0 Å². The van der Waals surface area contributed by atoms with Crippen LogP contribution in [-0.4, -0.2) is 104 Å². The minimum absolute atomic E-state index is 0.166. The molecule has 3 rings (SSSR count). The standard InChI is InChI=1S/C19H36N4O3S/c1-3-14-27(25,26)23-8-5-6-17(15-23)19(24)22-9-7-18(16-22)21-12-10-20(4-2)11-13-21/h17-18H,3-16H2,1-2H3. The third-order valence-electron chi connectivity index (χ3n) is 6.43. The lowest BCUT2D eigenvalue weighted by Crippen LogP contribution is -2.51. The maximum atomic E-state index is 13.0. The number of likely N-dealkylation sites (N-methyl/N-ethyl adjacent to an activating group) is 1. The number of likely N-dealkylation sites (tertiary alicyclic amines) is 1. The third-order valence-corrected chi connectivity index (χ3v) is 8.48. The summed E-state index contributed by atoms with van der Waals surface area (Å²) in [6, 6.07) is 0.469. The molecule has 0 bridgehead atoms. The van der Waals surface area contributed by atoms with E-state index in [0.717, 1.165) is 65.1 Å². The Morgan fingerprint density at radius 1 is 0.963 bits per heavy atom. The van der Waals surface area contributed by atoms with Crippen LogP contribution < -0.4 is 0 Å². The number of piperazine rings is 1. The molecule has 2 unspecified atom stereocenters. The fraction of sp³-hybridized carbons (Fsp3) is 0.947. The summed E-state index contributed by atoms with van der Waals surface area (Å²) in [5.74, 6) is 0.186. The smallest absolute Gasteiger partial charge is 0.227 e. The molecule has 3 fully saturated rings. The average molecular weight is 401 g/mol. The first-order valence-corrected chi connectivity index (χ1v) is 12.3. The van der Waals surface area contributed by atoms with Crippen LogP contribution >= 0.6 is 0 Å². The van der Waals surface area contributed by atoms with E-state index in [9.17, 15) is 13.2 Å². The highest BCUT2D eigenvalue weighted by atomic mass is 32.2. The van der Waals surface area contributed by atoms with Crippen molar-refractivity contribution in [3.8, 4) is 0 Å². The summed E-state index contributed by atoms with van der Waals surface area (Å²) in [5, 5.41) is 0. The number of carbonyl (C=O) groups is 1. The van der Waals surface area contributed by atoms with Gasteiger partial charge in [-0.05, 0) is 32.2 Å². The Bertz CT molecular complexity index is 604. The van der Waals surface area contributed by atoms with Crippen molar-refractivity contribution < 1.29 is 13.2 Å². The largest absolute Gasteiger partial charge is 0.341 e. The second-order valence-corrected chi connectivity index (χ2v) is 10.3. The summed E-state index contributed by atoms with van der Waals surface area (Å²) in [6.07, 6.45) is 3.27. The van der Waals surface area contributed by atoms with Gasteiger partial charge in [0.15, 0.2) is 0 Å². The van der Waals surface area contributed by atoms with E-state index >= 15 is 0 Å². The molecule has 0 N–H and O–H groups in total. The molecule has 0 aliphatic carbocycles. The molecule has 3 aliphatic rings. The van der Waals surface area contributed by atoms with Gasteiger partial charge in [0.05, 0.1) is 11.7 Å². The maximum absolute atomic E-state index is 13.0. The van der Waals surface area contributed by atoms with Crippen molar-refractivity contribution in [1.82, 2.24) is 19.0 Å². The van der Waals surface area contributed by atoms with Gasteiger partial charge in [-0.1, -0.05) is 13.8 Å². The number of carbonyl (C=O) groups excluding carboxylic acids is 1.